The van der Waals surface area contributed by atoms with E-state index >= 15 is 0 Å². The van der Waals surface area contributed by atoms with Gasteiger partial charge in [-0.25, -0.2) is 9.97 Å². The van der Waals surface area contributed by atoms with Gasteiger partial charge in [-0.1, -0.05) is 0 Å². The molecule has 6 nitrogen and oxygen atoms in total. The molecule has 6 heteroatoms. The van der Waals surface area contributed by atoms with Crippen molar-refractivity contribution in [2.45, 2.75) is 31.8 Å². The van der Waals surface area contributed by atoms with Crippen molar-refractivity contribution in [2.24, 2.45) is 0 Å². The summed E-state index contributed by atoms with van der Waals surface area (Å²) in [6, 6.07) is 2.08. The average Bonchev–Trinajstić information content (AvgIpc) is 2.61. The Hall–Kier alpha value is -1.40. The number of aromatic nitrogens is 2. The first kappa shape index (κ1) is 15.5. The van der Waals surface area contributed by atoms with E-state index in [4.69, 9.17) is 9.47 Å². The molecule has 0 spiro atoms. The van der Waals surface area contributed by atoms with Crippen molar-refractivity contribution in [2.75, 3.05) is 56.3 Å². The van der Waals surface area contributed by atoms with Crippen LogP contribution in [-0.2, 0) is 9.47 Å². The van der Waals surface area contributed by atoms with Gasteiger partial charge in [-0.15, -0.1) is 0 Å². The van der Waals surface area contributed by atoms with Gasteiger partial charge in [0.05, 0.1) is 19.3 Å². The molecular formula is C16H26N4O2. The van der Waals surface area contributed by atoms with Gasteiger partial charge in [-0.05, 0) is 25.7 Å². The highest BCUT2D eigenvalue weighted by molar-refractivity contribution is 5.49. The van der Waals surface area contributed by atoms with Crippen molar-refractivity contribution in [3.63, 3.8) is 0 Å². The van der Waals surface area contributed by atoms with Crippen LogP contribution >= 0.6 is 0 Å². The third-order valence-electron chi connectivity index (χ3n) is 4.42. The summed E-state index contributed by atoms with van der Waals surface area (Å²) in [4.78, 5) is 13.3. The van der Waals surface area contributed by atoms with Crippen LogP contribution in [0, 0.1) is 0 Å². The van der Waals surface area contributed by atoms with E-state index < -0.39 is 0 Å². The molecule has 0 bridgehead atoms. The van der Waals surface area contributed by atoms with E-state index in [1.807, 2.05) is 0 Å². The first-order chi connectivity index (χ1) is 10.8. The van der Waals surface area contributed by atoms with Gasteiger partial charge >= 0.3 is 0 Å². The average molecular weight is 306 g/mol. The molecule has 122 valence electrons. The highest BCUT2D eigenvalue weighted by atomic mass is 16.5. The molecule has 3 rings (SSSR count). The van der Waals surface area contributed by atoms with Gasteiger partial charge in [-0.3, -0.25) is 0 Å². The summed E-state index contributed by atoms with van der Waals surface area (Å²) in [6.07, 6.45) is 6.83. The van der Waals surface area contributed by atoms with Crippen molar-refractivity contribution < 1.29 is 9.47 Å². The zero-order chi connectivity index (χ0) is 15.2. The van der Waals surface area contributed by atoms with Gasteiger partial charge in [0.2, 0.25) is 0 Å². The lowest BCUT2D eigenvalue weighted by molar-refractivity contribution is 0.0126. The molecule has 0 amide bonds. The van der Waals surface area contributed by atoms with Gasteiger partial charge in [0.25, 0.3) is 0 Å². The molecule has 2 fully saturated rings. The van der Waals surface area contributed by atoms with Crippen molar-refractivity contribution in [1.29, 1.82) is 0 Å². The normalized spacial score (nSPS) is 22.6. The van der Waals surface area contributed by atoms with Gasteiger partial charge in [-0.2, -0.15) is 0 Å². The van der Waals surface area contributed by atoms with E-state index in [0.717, 1.165) is 57.5 Å². The molecule has 0 aliphatic carbocycles. The van der Waals surface area contributed by atoms with Gasteiger partial charge in [0, 0.05) is 39.4 Å². The van der Waals surface area contributed by atoms with Crippen molar-refractivity contribution >= 4 is 11.6 Å². The van der Waals surface area contributed by atoms with Crippen LogP contribution in [0.15, 0.2) is 12.4 Å². The lowest BCUT2D eigenvalue weighted by atomic mass is 10.1. The highest BCUT2D eigenvalue weighted by Gasteiger charge is 2.16. The molecule has 0 saturated carbocycles. The van der Waals surface area contributed by atoms with E-state index in [9.17, 15) is 0 Å². The predicted octanol–water partition coefficient (Wildman–Crippen LogP) is 1.71. The predicted molar refractivity (Wildman–Crippen MR) is 86.5 cm³/mol. The number of ether oxygens (including phenoxy) is 2. The van der Waals surface area contributed by atoms with Crippen molar-refractivity contribution in [3.8, 4) is 0 Å². The molecule has 2 saturated heterocycles. The van der Waals surface area contributed by atoms with Gasteiger partial charge < -0.3 is 19.3 Å². The minimum absolute atomic E-state index is 0.414. The molecule has 0 radical (unpaired) electrons. The summed E-state index contributed by atoms with van der Waals surface area (Å²) in [5.74, 6) is 1.97. The second-order valence-electron chi connectivity index (χ2n) is 6.03. The molecule has 2 aliphatic rings. The Bertz CT molecular complexity index is 459. The molecule has 3 heterocycles. The quantitative estimate of drug-likeness (QED) is 0.825. The summed E-state index contributed by atoms with van der Waals surface area (Å²) >= 11 is 0. The van der Waals surface area contributed by atoms with Gasteiger partial charge in [0.15, 0.2) is 0 Å². The number of nitrogens with zero attached hydrogens (tertiary/aromatic N) is 4. The third-order valence-corrected chi connectivity index (χ3v) is 4.42. The minimum Gasteiger partial charge on any atom is -0.378 e. The standard InChI is InChI=1S/C16H26N4O2/c1-19(6-5-14-4-2-3-9-22-14)15-12-16(18-13-17-15)20-7-10-21-11-8-20/h12-14H,2-11H2,1H3. The van der Waals surface area contributed by atoms with Crippen LogP contribution in [-0.4, -0.2) is 62.6 Å². The fraction of sp³-hybridized carbons (Fsp3) is 0.750. The van der Waals surface area contributed by atoms with Crippen LogP contribution in [0.4, 0.5) is 11.6 Å². The Morgan fingerprint density at radius 1 is 1.23 bits per heavy atom. The molecule has 22 heavy (non-hydrogen) atoms. The SMILES string of the molecule is CN(CCC1CCCCO1)c1cc(N2CCOCC2)ncn1. The monoisotopic (exact) mass is 306 g/mol. The fourth-order valence-corrected chi connectivity index (χ4v) is 3.00. The van der Waals surface area contributed by atoms with E-state index in [1.54, 1.807) is 6.33 Å². The molecular weight excluding hydrogens is 280 g/mol. The summed E-state index contributed by atoms with van der Waals surface area (Å²) in [5.41, 5.74) is 0. The highest BCUT2D eigenvalue weighted by Crippen LogP contribution is 2.20. The number of anilines is 2. The van der Waals surface area contributed by atoms with Crippen LogP contribution in [0.3, 0.4) is 0 Å². The Balaban J connectivity index is 1.56. The number of hydrogen-bond donors (Lipinski definition) is 0. The smallest absolute Gasteiger partial charge is 0.134 e. The zero-order valence-electron chi connectivity index (χ0n) is 13.4. The van der Waals surface area contributed by atoms with Crippen LogP contribution < -0.4 is 9.80 Å². The molecule has 1 aromatic rings. The molecule has 0 N–H and O–H groups in total. The Labute approximate surface area is 132 Å². The first-order valence-corrected chi connectivity index (χ1v) is 8.30. The Morgan fingerprint density at radius 3 is 2.86 bits per heavy atom. The first-order valence-electron chi connectivity index (χ1n) is 8.30. The van der Waals surface area contributed by atoms with Crippen LogP contribution in [0.1, 0.15) is 25.7 Å². The maximum Gasteiger partial charge on any atom is 0.134 e. The molecule has 1 atom stereocenters. The van der Waals surface area contributed by atoms with E-state index in [2.05, 4.69) is 32.9 Å². The molecule has 1 unspecified atom stereocenters. The zero-order valence-corrected chi connectivity index (χ0v) is 13.4. The van der Waals surface area contributed by atoms with Crippen molar-refractivity contribution in [1.82, 2.24) is 9.97 Å². The maximum absolute atomic E-state index is 5.80. The van der Waals surface area contributed by atoms with Crippen molar-refractivity contribution in [3.05, 3.63) is 12.4 Å². The summed E-state index contributed by atoms with van der Waals surface area (Å²) < 4.78 is 11.2. The Kier molecular flexibility index (Phi) is 5.45. The number of hydrogen-bond acceptors (Lipinski definition) is 6. The lowest BCUT2D eigenvalue weighted by Gasteiger charge is -2.29. The minimum atomic E-state index is 0.414. The summed E-state index contributed by atoms with van der Waals surface area (Å²) in [6.45, 7) is 5.22. The van der Waals surface area contributed by atoms with Crippen LogP contribution in [0.25, 0.3) is 0 Å². The second kappa shape index (κ2) is 7.74. The van der Waals surface area contributed by atoms with E-state index in [1.165, 1.54) is 19.3 Å². The molecule has 2 aliphatic heterocycles. The van der Waals surface area contributed by atoms with Gasteiger partial charge in [0.1, 0.15) is 18.0 Å². The largest absolute Gasteiger partial charge is 0.378 e. The molecule has 0 aromatic carbocycles. The number of rotatable bonds is 5. The lowest BCUT2D eigenvalue weighted by Crippen LogP contribution is -2.37. The summed E-state index contributed by atoms with van der Waals surface area (Å²) in [7, 11) is 2.09. The second-order valence-corrected chi connectivity index (χ2v) is 6.03. The van der Waals surface area contributed by atoms with E-state index in [-0.39, 0.29) is 0 Å². The topological polar surface area (TPSA) is 50.7 Å². The fourth-order valence-electron chi connectivity index (χ4n) is 3.00. The molecule has 1 aromatic heterocycles. The maximum atomic E-state index is 5.80. The summed E-state index contributed by atoms with van der Waals surface area (Å²) in [5, 5.41) is 0. The van der Waals surface area contributed by atoms with Crippen LogP contribution in [0.2, 0.25) is 0 Å². The third kappa shape index (κ3) is 4.08. The van der Waals surface area contributed by atoms with E-state index in [0.29, 0.717) is 6.10 Å². The number of morpholine rings is 1. The Morgan fingerprint density at radius 2 is 2.09 bits per heavy atom. The van der Waals surface area contributed by atoms with Crippen LogP contribution in [0.5, 0.6) is 0 Å².